The summed E-state index contributed by atoms with van der Waals surface area (Å²) in [7, 11) is 0. The third kappa shape index (κ3) is 5.48. The molecular formula is C18H29Cl2N3O2. The summed E-state index contributed by atoms with van der Waals surface area (Å²) < 4.78 is 5.67. The first-order valence-corrected chi connectivity index (χ1v) is 8.68. The fourth-order valence-corrected chi connectivity index (χ4v) is 3.43. The summed E-state index contributed by atoms with van der Waals surface area (Å²) in [5.74, 6) is -0.0278. The van der Waals surface area contributed by atoms with Crippen molar-refractivity contribution in [2.45, 2.75) is 50.9 Å². The molecule has 2 fully saturated rings. The van der Waals surface area contributed by atoms with E-state index >= 15 is 0 Å². The number of rotatable bonds is 5. The zero-order chi connectivity index (χ0) is 16.2. The molecule has 1 aromatic rings. The minimum atomic E-state index is -0.354. The molecule has 3 rings (SSSR count). The average Bonchev–Trinajstić information content (AvgIpc) is 3.26. The molecule has 1 amide bonds. The van der Waals surface area contributed by atoms with Gasteiger partial charge in [0.05, 0.1) is 12.1 Å². The molecule has 1 aromatic carbocycles. The Hall–Kier alpha value is -1.01. The topological polar surface area (TPSA) is 67.6 Å². The van der Waals surface area contributed by atoms with Gasteiger partial charge in [-0.15, -0.1) is 24.8 Å². The minimum absolute atomic E-state index is 0. The lowest BCUT2D eigenvalue weighted by molar-refractivity contribution is -0.132. The first kappa shape index (κ1) is 22.0. The molecule has 25 heavy (non-hydrogen) atoms. The molecule has 0 spiro atoms. The van der Waals surface area contributed by atoms with Gasteiger partial charge in [0.1, 0.15) is 6.10 Å². The molecule has 0 bridgehead atoms. The van der Waals surface area contributed by atoms with Crippen molar-refractivity contribution in [1.29, 1.82) is 0 Å². The maximum Gasteiger partial charge on any atom is 0.249 e. The zero-order valence-corrected chi connectivity index (χ0v) is 16.3. The van der Waals surface area contributed by atoms with Crippen LogP contribution in [0.2, 0.25) is 0 Å². The van der Waals surface area contributed by atoms with Gasteiger partial charge >= 0.3 is 0 Å². The Labute approximate surface area is 162 Å². The number of hydrogen-bond acceptors (Lipinski definition) is 4. The number of benzene rings is 1. The average molecular weight is 390 g/mol. The van der Waals surface area contributed by atoms with Gasteiger partial charge in [0, 0.05) is 25.3 Å². The SMILES string of the molecule is CC(NC(=O)[C@@H]1CC[C@H](CN)O1)c1cccc(N2CCCC2)c1.Cl.Cl. The Kier molecular flexibility index (Phi) is 9.00. The van der Waals surface area contributed by atoms with Gasteiger partial charge in [-0.1, -0.05) is 12.1 Å². The second-order valence-corrected chi connectivity index (χ2v) is 6.58. The monoisotopic (exact) mass is 389 g/mol. The number of ether oxygens (including phenoxy) is 1. The van der Waals surface area contributed by atoms with Crippen molar-refractivity contribution >= 4 is 36.4 Å². The van der Waals surface area contributed by atoms with Crippen molar-refractivity contribution in [1.82, 2.24) is 5.32 Å². The summed E-state index contributed by atoms with van der Waals surface area (Å²) in [6, 6.07) is 8.46. The Balaban J connectivity index is 0.00000156. The summed E-state index contributed by atoms with van der Waals surface area (Å²) in [6.45, 7) is 4.76. The quantitative estimate of drug-likeness (QED) is 0.812. The Morgan fingerprint density at radius 3 is 2.68 bits per heavy atom. The second kappa shape index (κ2) is 10.2. The van der Waals surface area contributed by atoms with Crippen molar-refractivity contribution in [2.75, 3.05) is 24.5 Å². The van der Waals surface area contributed by atoms with Crippen molar-refractivity contribution < 1.29 is 9.53 Å². The molecule has 2 aliphatic heterocycles. The molecule has 5 nitrogen and oxygen atoms in total. The normalized spacial score (nSPS) is 23.5. The Bertz CT molecular complexity index is 553. The van der Waals surface area contributed by atoms with Crippen LogP contribution in [0.1, 0.15) is 44.2 Å². The fourth-order valence-electron chi connectivity index (χ4n) is 3.43. The smallest absolute Gasteiger partial charge is 0.249 e. The molecule has 0 radical (unpaired) electrons. The van der Waals surface area contributed by atoms with Crippen LogP contribution >= 0.6 is 24.8 Å². The predicted octanol–water partition coefficient (Wildman–Crippen LogP) is 2.81. The summed E-state index contributed by atoms with van der Waals surface area (Å²) in [5.41, 5.74) is 7.99. The van der Waals surface area contributed by atoms with E-state index in [2.05, 4.69) is 34.5 Å². The van der Waals surface area contributed by atoms with E-state index in [1.165, 1.54) is 18.5 Å². The van der Waals surface area contributed by atoms with Gasteiger partial charge in [-0.3, -0.25) is 4.79 Å². The van der Waals surface area contributed by atoms with Gasteiger partial charge in [-0.25, -0.2) is 0 Å². The molecule has 2 saturated heterocycles. The Morgan fingerprint density at radius 2 is 2.04 bits per heavy atom. The third-order valence-corrected chi connectivity index (χ3v) is 4.86. The van der Waals surface area contributed by atoms with Crippen LogP contribution < -0.4 is 16.0 Å². The lowest BCUT2D eigenvalue weighted by Gasteiger charge is -2.21. The van der Waals surface area contributed by atoms with E-state index in [0.29, 0.717) is 6.54 Å². The highest BCUT2D eigenvalue weighted by atomic mass is 35.5. The van der Waals surface area contributed by atoms with E-state index in [0.717, 1.165) is 31.5 Å². The van der Waals surface area contributed by atoms with Gasteiger partial charge in [-0.2, -0.15) is 0 Å². The molecule has 2 heterocycles. The summed E-state index contributed by atoms with van der Waals surface area (Å²) in [6.07, 6.45) is 3.82. The van der Waals surface area contributed by atoms with Crippen LogP contribution in [-0.2, 0) is 9.53 Å². The van der Waals surface area contributed by atoms with Crippen molar-refractivity contribution in [2.24, 2.45) is 5.73 Å². The molecule has 1 unspecified atom stereocenters. The van der Waals surface area contributed by atoms with Crippen LogP contribution in [0, 0.1) is 0 Å². The van der Waals surface area contributed by atoms with Gasteiger partial charge in [0.15, 0.2) is 0 Å². The number of nitrogens with one attached hydrogen (secondary N) is 1. The molecule has 2 aliphatic rings. The second-order valence-electron chi connectivity index (χ2n) is 6.58. The number of anilines is 1. The number of carbonyl (C=O) groups excluding carboxylic acids is 1. The summed E-state index contributed by atoms with van der Waals surface area (Å²) >= 11 is 0. The molecule has 3 N–H and O–H groups in total. The van der Waals surface area contributed by atoms with Crippen molar-refractivity contribution in [3.05, 3.63) is 29.8 Å². The number of amides is 1. The third-order valence-electron chi connectivity index (χ3n) is 4.86. The molecule has 142 valence electrons. The van der Waals surface area contributed by atoms with E-state index in [9.17, 15) is 4.79 Å². The van der Waals surface area contributed by atoms with Crippen LogP contribution in [0.25, 0.3) is 0 Å². The number of carbonyl (C=O) groups is 1. The van der Waals surface area contributed by atoms with Gasteiger partial charge in [-0.05, 0) is 50.3 Å². The molecular weight excluding hydrogens is 361 g/mol. The highest BCUT2D eigenvalue weighted by Crippen LogP contribution is 2.25. The van der Waals surface area contributed by atoms with E-state index < -0.39 is 0 Å². The van der Waals surface area contributed by atoms with Gasteiger partial charge < -0.3 is 20.7 Å². The zero-order valence-electron chi connectivity index (χ0n) is 14.6. The van der Waals surface area contributed by atoms with Crippen LogP contribution in [0.3, 0.4) is 0 Å². The molecule has 7 heteroatoms. The van der Waals surface area contributed by atoms with E-state index in [1.54, 1.807) is 0 Å². The maximum atomic E-state index is 12.3. The fraction of sp³-hybridized carbons (Fsp3) is 0.611. The number of nitrogens with zero attached hydrogens (tertiary/aromatic N) is 1. The number of nitrogens with two attached hydrogens (primary N) is 1. The molecule has 0 aliphatic carbocycles. The van der Waals surface area contributed by atoms with E-state index in [1.807, 2.05) is 6.92 Å². The molecule has 3 atom stereocenters. The number of hydrogen-bond donors (Lipinski definition) is 2. The van der Waals surface area contributed by atoms with Crippen LogP contribution in [0.4, 0.5) is 5.69 Å². The summed E-state index contributed by atoms with van der Waals surface area (Å²) in [4.78, 5) is 14.8. The summed E-state index contributed by atoms with van der Waals surface area (Å²) in [5, 5.41) is 3.08. The largest absolute Gasteiger partial charge is 0.372 e. The maximum absolute atomic E-state index is 12.3. The highest BCUT2D eigenvalue weighted by molar-refractivity contribution is 5.85. The lowest BCUT2D eigenvalue weighted by Crippen LogP contribution is -2.37. The van der Waals surface area contributed by atoms with Crippen LogP contribution in [0.5, 0.6) is 0 Å². The first-order chi connectivity index (χ1) is 11.2. The highest BCUT2D eigenvalue weighted by Gasteiger charge is 2.30. The van der Waals surface area contributed by atoms with Gasteiger partial charge in [0.25, 0.3) is 0 Å². The number of halogens is 2. The molecule has 0 aromatic heterocycles. The van der Waals surface area contributed by atoms with Crippen LogP contribution in [-0.4, -0.2) is 37.7 Å². The van der Waals surface area contributed by atoms with Crippen LogP contribution in [0.15, 0.2) is 24.3 Å². The van der Waals surface area contributed by atoms with E-state index in [4.69, 9.17) is 10.5 Å². The minimum Gasteiger partial charge on any atom is -0.372 e. The Morgan fingerprint density at radius 1 is 1.32 bits per heavy atom. The standard InChI is InChI=1S/C18H27N3O2.2ClH/c1-13(20-18(22)17-8-7-16(12-19)23-17)14-5-4-6-15(11-14)21-9-2-3-10-21;;/h4-6,11,13,16-17H,2-3,7-10,12,19H2,1H3,(H,20,22);2*1H/t13?,16-,17+;;/m1../s1. The van der Waals surface area contributed by atoms with Gasteiger partial charge in [0.2, 0.25) is 5.91 Å². The lowest BCUT2D eigenvalue weighted by atomic mass is 10.1. The van der Waals surface area contributed by atoms with E-state index in [-0.39, 0.29) is 49.0 Å². The predicted molar refractivity (Wildman–Crippen MR) is 106 cm³/mol. The first-order valence-electron chi connectivity index (χ1n) is 8.68. The molecule has 0 saturated carbocycles. The van der Waals surface area contributed by atoms with Crippen molar-refractivity contribution in [3.63, 3.8) is 0 Å². The van der Waals surface area contributed by atoms with Crippen molar-refractivity contribution in [3.8, 4) is 0 Å².